The van der Waals surface area contributed by atoms with Gasteiger partial charge >= 0.3 is 0 Å². The van der Waals surface area contributed by atoms with E-state index in [1.54, 1.807) is 0 Å². The van der Waals surface area contributed by atoms with E-state index in [4.69, 9.17) is 5.73 Å². The molecule has 0 aromatic rings. The first kappa shape index (κ1) is 14.8. The van der Waals surface area contributed by atoms with E-state index in [1.165, 1.54) is 25.9 Å². The highest BCUT2D eigenvalue weighted by atomic mass is 16.1. The SMILES string of the molecule is CC(C)C(CNC(=O)C1CCC(N)C1)N1CCCC1. The summed E-state index contributed by atoms with van der Waals surface area (Å²) in [4.78, 5) is 14.7. The molecule has 1 heterocycles. The Labute approximate surface area is 117 Å². The van der Waals surface area contributed by atoms with Gasteiger partial charge in [-0.25, -0.2) is 0 Å². The number of carbonyl (C=O) groups is 1. The van der Waals surface area contributed by atoms with Crippen molar-refractivity contribution >= 4 is 5.91 Å². The van der Waals surface area contributed by atoms with Crippen molar-refractivity contribution in [3.05, 3.63) is 0 Å². The van der Waals surface area contributed by atoms with Crippen LogP contribution in [-0.2, 0) is 4.79 Å². The van der Waals surface area contributed by atoms with Crippen LogP contribution in [0.2, 0.25) is 0 Å². The molecule has 2 fully saturated rings. The maximum absolute atomic E-state index is 12.1. The molecular weight excluding hydrogens is 238 g/mol. The van der Waals surface area contributed by atoms with Crippen LogP contribution in [0.15, 0.2) is 0 Å². The third-order valence-corrected chi connectivity index (χ3v) is 4.71. The van der Waals surface area contributed by atoms with Gasteiger partial charge in [0, 0.05) is 24.5 Å². The van der Waals surface area contributed by atoms with Crippen molar-refractivity contribution < 1.29 is 4.79 Å². The normalized spacial score (nSPS) is 29.9. The zero-order valence-electron chi connectivity index (χ0n) is 12.4. The molecule has 19 heavy (non-hydrogen) atoms. The van der Waals surface area contributed by atoms with Crippen LogP contribution >= 0.6 is 0 Å². The van der Waals surface area contributed by atoms with E-state index in [0.717, 1.165) is 25.8 Å². The number of hydrogen-bond acceptors (Lipinski definition) is 3. The summed E-state index contributed by atoms with van der Waals surface area (Å²) in [6.45, 7) is 7.67. The minimum atomic E-state index is 0.154. The average molecular weight is 267 g/mol. The number of likely N-dealkylation sites (tertiary alicyclic amines) is 1. The maximum Gasteiger partial charge on any atom is 0.223 e. The fourth-order valence-electron chi connectivity index (χ4n) is 3.46. The Morgan fingerprint density at radius 1 is 1.32 bits per heavy atom. The highest BCUT2D eigenvalue weighted by molar-refractivity contribution is 5.79. The third kappa shape index (κ3) is 3.93. The largest absolute Gasteiger partial charge is 0.354 e. The molecule has 3 unspecified atom stereocenters. The van der Waals surface area contributed by atoms with Crippen LogP contribution in [0.3, 0.4) is 0 Å². The number of amides is 1. The average Bonchev–Trinajstić information content (AvgIpc) is 3.00. The molecular formula is C15H29N3O. The zero-order valence-corrected chi connectivity index (χ0v) is 12.4. The Hall–Kier alpha value is -0.610. The molecule has 4 heteroatoms. The Morgan fingerprint density at radius 2 is 2.00 bits per heavy atom. The number of nitrogens with one attached hydrogen (secondary N) is 1. The number of hydrogen-bond donors (Lipinski definition) is 2. The molecule has 3 N–H and O–H groups in total. The summed E-state index contributed by atoms with van der Waals surface area (Å²) in [5.41, 5.74) is 5.88. The van der Waals surface area contributed by atoms with Crippen molar-refractivity contribution in [1.82, 2.24) is 10.2 Å². The van der Waals surface area contributed by atoms with Crippen LogP contribution in [0.1, 0.15) is 46.0 Å². The summed E-state index contributed by atoms with van der Waals surface area (Å²) in [6, 6.07) is 0.719. The van der Waals surface area contributed by atoms with Gasteiger partial charge in [-0.15, -0.1) is 0 Å². The quantitative estimate of drug-likeness (QED) is 0.790. The predicted molar refractivity (Wildman–Crippen MR) is 77.8 cm³/mol. The van der Waals surface area contributed by atoms with Gasteiger partial charge in [-0.3, -0.25) is 9.69 Å². The van der Waals surface area contributed by atoms with Gasteiger partial charge in [-0.05, 0) is 51.1 Å². The second-order valence-electron chi connectivity index (χ2n) is 6.57. The van der Waals surface area contributed by atoms with Crippen LogP contribution in [0.4, 0.5) is 0 Å². The topological polar surface area (TPSA) is 58.4 Å². The lowest BCUT2D eigenvalue weighted by Crippen LogP contribution is -2.46. The van der Waals surface area contributed by atoms with Gasteiger partial charge in [0.2, 0.25) is 5.91 Å². The van der Waals surface area contributed by atoms with E-state index in [0.29, 0.717) is 12.0 Å². The fourth-order valence-corrected chi connectivity index (χ4v) is 3.46. The number of nitrogens with two attached hydrogens (primary N) is 1. The Bertz CT molecular complexity index is 300. The van der Waals surface area contributed by atoms with Crippen LogP contribution < -0.4 is 11.1 Å². The molecule has 3 atom stereocenters. The Balaban J connectivity index is 1.79. The monoisotopic (exact) mass is 267 g/mol. The molecule has 1 aliphatic carbocycles. The summed E-state index contributed by atoms with van der Waals surface area (Å²) in [5.74, 6) is 0.962. The molecule has 1 aliphatic heterocycles. The fraction of sp³-hybridized carbons (Fsp3) is 0.933. The zero-order chi connectivity index (χ0) is 13.8. The van der Waals surface area contributed by atoms with E-state index in [2.05, 4.69) is 24.1 Å². The summed E-state index contributed by atoms with van der Waals surface area (Å²) in [5, 5.41) is 3.17. The number of nitrogens with zero attached hydrogens (tertiary/aromatic N) is 1. The molecule has 0 spiro atoms. The van der Waals surface area contributed by atoms with Crippen molar-refractivity contribution in [1.29, 1.82) is 0 Å². The van der Waals surface area contributed by atoms with E-state index < -0.39 is 0 Å². The molecule has 1 saturated heterocycles. The maximum atomic E-state index is 12.1. The van der Waals surface area contributed by atoms with E-state index >= 15 is 0 Å². The molecule has 2 rings (SSSR count). The van der Waals surface area contributed by atoms with Crippen molar-refractivity contribution in [2.24, 2.45) is 17.6 Å². The summed E-state index contributed by atoms with van der Waals surface area (Å²) in [7, 11) is 0. The third-order valence-electron chi connectivity index (χ3n) is 4.71. The molecule has 0 bridgehead atoms. The van der Waals surface area contributed by atoms with Gasteiger partial charge in [-0.1, -0.05) is 13.8 Å². The number of carbonyl (C=O) groups excluding carboxylic acids is 1. The lowest BCUT2D eigenvalue weighted by atomic mass is 10.0. The highest BCUT2D eigenvalue weighted by Crippen LogP contribution is 2.24. The van der Waals surface area contributed by atoms with Gasteiger partial charge in [0.1, 0.15) is 0 Å². The second-order valence-corrected chi connectivity index (χ2v) is 6.57. The van der Waals surface area contributed by atoms with Gasteiger partial charge in [0.15, 0.2) is 0 Å². The lowest BCUT2D eigenvalue weighted by Gasteiger charge is -2.31. The van der Waals surface area contributed by atoms with E-state index in [1.807, 2.05) is 0 Å². The summed E-state index contributed by atoms with van der Waals surface area (Å²) < 4.78 is 0. The van der Waals surface area contributed by atoms with Gasteiger partial charge in [-0.2, -0.15) is 0 Å². The van der Waals surface area contributed by atoms with Crippen molar-refractivity contribution in [2.75, 3.05) is 19.6 Å². The molecule has 1 amide bonds. The summed E-state index contributed by atoms with van der Waals surface area (Å²) >= 11 is 0. The first-order valence-electron chi connectivity index (χ1n) is 7.85. The molecule has 2 aliphatic rings. The van der Waals surface area contributed by atoms with Crippen molar-refractivity contribution in [2.45, 2.75) is 58.0 Å². The van der Waals surface area contributed by atoms with Crippen LogP contribution in [0, 0.1) is 11.8 Å². The Morgan fingerprint density at radius 3 is 2.53 bits per heavy atom. The van der Waals surface area contributed by atoms with Crippen molar-refractivity contribution in [3.8, 4) is 0 Å². The second kappa shape index (κ2) is 6.71. The summed E-state index contributed by atoms with van der Waals surface area (Å²) in [6.07, 6.45) is 5.42. The highest BCUT2D eigenvalue weighted by Gasteiger charge is 2.29. The molecule has 0 radical (unpaired) electrons. The van der Waals surface area contributed by atoms with E-state index in [9.17, 15) is 4.79 Å². The first-order valence-corrected chi connectivity index (χ1v) is 7.85. The number of rotatable bonds is 5. The van der Waals surface area contributed by atoms with E-state index in [-0.39, 0.29) is 17.9 Å². The smallest absolute Gasteiger partial charge is 0.223 e. The first-order chi connectivity index (χ1) is 9.08. The molecule has 4 nitrogen and oxygen atoms in total. The van der Waals surface area contributed by atoms with Crippen LogP contribution in [0.25, 0.3) is 0 Å². The van der Waals surface area contributed by atoms with Gasteiger partial charge < -0.3 is 11.1 Å². The molecule has 0 aromatic carbocycles. The van der Waals surface area contributed by atoms with Gasteiger partial charge in [0.05, 0.1) is 0 Å². The lowest BCUT2D eigenvalue weighted by molar-refractivity contribution is -0.125. The van der Waals surface area contributed by atoms with Gasteiger partial charge in [0.25, 0.3) is 0 Å². The predicted octanol–water partition coefficient (Wildman–Crippen LogP) is 1.35. The molecule has 0 aromatic heterocycles. The van der Waals surface area contributed by atoms with Crippen molar-refractivity contribution in [3.63, 3.8) is 0 Å². The standard InChI is InChI=1S/C15H29N3O/c1-11(2)14(18-7-3-4-8-18)10-17-15(19)12-5-6-13(16)9-12/h11-14H,3-10,16H2,1-2H3,(H,17,19). The molecule has 110 valence electrons. The van der Waals surface area contributed by atoms with Crippen LogP contribution in [-0.4, -0.2) is 42.5 Å². The van der Waals surface area contributed by atoms with Crippen LogP contribution in [0.5, 0.6) is 0 Å². The minimum absolute atomic E-state index is 0.154. The minimum Gasteiger partial charge on any atom is -0.354 e. The molecule has 1 saturated carbocycles. The Kier molecular flexibility index (Phi) is 5.22.